The lowest BCUT2D eigenvalue weighted by Crippen LogP contribution is -1.94. The number of nitrogen functional groups attached to an aromatic ring is 1. The second-order valence-electron chi connectivity index (χ2n) is 8.07. The van der Waals surface area contributed by atoms with Crippen LogP contribution < -0.4 is 5.73 Å². The van der Waals surface area contributed by atoms with E-state index >= 15 is 0 Å². The van der Waals surface area contributed by atoms with Gasteiger partial charge < -0.3 is 15.3 Å². The van der Waals surface area contributed by atoms with E-state index in [0.717, 1.165) is 50.6 Å². The molecule has 34 heavy (non-hydrogen) atoms. The van der Waals surface area contributed by atoms with Crippen LogP contribution in [0.1, 0.15) is 23.9 Å². The number of aromatic nitrogens is 6. The van der Waals surface area contributed by atoms with Crippen LogP contribution in [-0.4, -0.2) is 29.7 Å². The van der Waals surface area contributed by atoms with Crippen molar-refractivity contribution in [3.05, 3.63) is 89.8 Å². The highest BCUT2D eigenvalue weighted by atomic mass is 19.1. The summed E-state index contributed by atoms with van der Waals surface area (Å²) in [6.07, 6.45) is 9.46. The summed E-state index contributed by atoms with van der Waals surface area (Å²) in [7, 11) is 1.98. The molecule has 1 aromatic carbocycles. The quantitative estimate of drug-likeness (QED) is 0.311. The minimum Gasteiger partial charge on any atom is -0.385 e. The van der Waals surface area contributed by atoms with Crippen molar-refractivity contribution < 1.29 is 4.39 Å². The Hall–Kier alpha value is -4.46. The number of H-pyrrole nitrogens is 2. The Labute approximate surface area is 195 Å². The maximum atomic E-state index is 13.5. The van der Waals surface area contributed by atoms with Crippen molar-refractivity contribution in [2.45, 2.75) is 13.8 Å². The van der Waals surface area contributed by atoms with Crippen molar-refractivity contribution in [1.82, 2.24) is 29.7 Å². The topological polar surface area (TPSA) is 101 Å². The van der Waals surface area contributed by atoms with Gasteiger partial charge in [-0.2, -0.15) is 5.10 Å². The Morgan fingerprint density at radius 1 is 1.12 bits per heavy atom. The maximum Gasteiger partial charge on any atom is 0.181 e. The largest absolute Gasteiger partial charge is 0.385 e. The molecule has 0 saturated carbocycles. The van der Waals surface area contributed by atoms with Crippen molar-refractivity contribution >= 4 is 22.4 Å². The molecule has 0 aliphatic carbocycles. The number of nitrogens with one attached hydrogen (secondary N) is 2. The molecule has 5 aromatic rings. The molecule has 0 spiro atoms. The van der Waals surface area contributed by atoms with Crippen LogP contribution in [0.5, 0.6) is 0 Å². The van der Waals surface area contributed by atoms with Crippen molar-refractivity contribution in [3.8, 4) is 22.6 Å². The minimum absolute atomic E-state index is 0.285. The van der Waals surface area contributed by atoms with Crippen molar-refractivity contribution in [2.24, 2.45) is 7.05 Å². The van der Waals surface area contributed by atoms with Gasteiger partial charge in [0.1, 0.15) is 17.5 Å². The molecule has 0 amide bonds. The number of anilines is 1. The van der Waals surface area contributed by atoms with Crippen molar-refractivity contribution in [3.63, 3.8) is 0 Å². The number of benzene rings is 1. The van der Waals surface area contributed by atoms with E-state index in [1.165, 1.54) is 12.1 Å². The van der Waals surface area contributed by atoms with Gasteiger partial charge in [-0.3, -0.25) is 5.10 Å². The molecule has 0 saturated heterocycles. The molecule has 8 heteroatoms. The first-order valence-electron chi connectivity index (χ1n) is 10.9. The van der Waals surface area contributed by atoms with Gasteiger partial charge in [0.25, 0.3) is 0 Å². The first kappa shape index (κ1) is 21.4. The van der Waals surface area contributed by atoms with Gasteiger partial charge in [0, 0.05) is 29.8 Å². The second-order valence-corrected chi connectivity index (χ2v) is 8.07. The Balaban J connectivity index is 1.61. The monoisotopic (exact) mass is 453 g/mol. The van der Waals surface area contributed by atoms with Gasteiger partial charge in [0.05, 0.1) is 23.3 Å². The average Bonchev–Trinajstić information content (AvgIpc) is 3.52. The minimum atomic E-state index is -0.285. The van der Waals surface area contributed by atoms with Crippen LogP contribution in [0.3, 0.4) is 0 Å². The second kappa shape index (κ2) is 8.47. The number of aromatic amines is 2. The van der Waals surface area contributed by atoms with E-state index in [1.807, 2.05) is 62.0 Å². The van der Waals surface area contributed by atoms with Crippen LogP contribution in [0.25, 0.3) is 39.3 Å². The highest BCUT2D eigenvalue weighted by Crippen LogP contribution is 2.35. The first-order valence-corrected chi connectivity index (χ1v) is 10.9. The zero-order valence-corrected chi connectivity index (χ0v) is 19.1. The normalized spacial score (nSPS) is 12.3. The van der Waals surface area contributed by atoms with E-state index in [0.29, 0.717) is 11.5 Å². The maximum absolute atomic E-state index is 13.5. The highest BCUT2D eigenvalue weighted by Gasteiger charge is 2.18. The lowest BCUT2D eigenvalue weighted by Gasteiger charge is -2.07. The molecule has 0 fully saturated rings. The van der Waals surface area contributed by atoms with Gasteiger partial charge in [-0.15, -0.1) is 0 Å². The average molecular weight is 454 g/mol. The predicted molar refractivity (Wildman–Crippen MR) is 133 cm³/mol. The van der Waals surface area contributed by atoms with Crippen LogP contribution in [0.4, 0.5) is 10.2 Å². The number of fused-ring (bicyclic) bond motifs is 1. The van der Waals surface area contributed by atoms with E-state index in [1.54, 1.807) is 18.3 Å². The molecule has 4 N–H and O–H groups in total. The van der Waals surface area contributed by atoms with E-state index in [-0.39, 0.29) is 5.82 Å². The molecule has 0 aliphatic rings. The number of rotatable bonds is 5. The number of imidazole rings is 1. The first-order chi connectivity index (χ1) is 16.5. The summed E-state index contributed by atoms with van der Waals surface area (Å²) in [5, 5.41) is 8.33. The summed E-state index contributed by atoms with van der Waals surface area (Å²) in [5.74, 6) is 1.14. The molecule has 170 valence electrons. The molecule has 0 radical (unpaired) electrons. The van der Waals surface area contributed by atoms with Crippen molar-refractivity contribution in [1.29, 1.82) is 0 Å². The Kier molecular flexibility index (Phi) is 5.33. The van der Waals surface area contributed by atoms with E-state index in [4.69, 9.17) is 5.73 Å². The number of nitrogens with two attached hydrogens (primary N) is 1. The third-order valence-corrected chi connectivity index (χ3v) is 5.94. The SMILES string of the molecule is CC=C/C=C(/c1ccc(F)cc1)c1cc(-c2[nH]nc3ncc(-c4cnc(C)n4C)cc23)[nH]c1N. The molecule has 0 atom stereocenters. The molecule has 5 rings (SSSR count). The molecule has 4 heterocycles. The Morgan fingerprint density at radius 2 is 1.91 bits per heavy atom. The fourth-order valence-electron chi connectivity index (χ4n) is 4.01. The summed E-state index contributed by atoms with van der Waals surface area (Å²) in [4.78, 5) is 12.2. The van der Waals surface area contributed by atoms with Gasteiger partial charge in [0.15, 0.2) is 5.65 Å². The molecule has 0 unspecified atom stereocenters. The Morgan fingerprint density at radius 3 is 2.62 bits per heavy atom. The summed E-state index contributed by atoms with van der Waals surface area (Å²) in [6, 6.07) is 10.4. The molecule has 7 nitrogen and oxygen atoms in total. The number of nitrogens with zero attached hydrogens (tertiary/aromatic N) is 4. The summed E-state index contributed by atoms with van der Waals surface area (Å²) in [6.45, 7) is 3.90. The van der Waals surface area contributed by atoms with Gasteiger partial charge >= 0.3 is 0 Å². The smallest absolute Gasteiger partial charge is 0.181 e. The third kappa shape index (κ3) is 3.69. The number of allylic oxidation sites excluding steroid dienone is 3. The fraction of sp³-hybridized carbons (Fsp3) is 0.115. The van der Waals surface area contributed by atoms with E-state index in [9.17, 15) is 4.39 Å². The zero-order chi connectivity index (χ0) is 23.8. The Bertz CT molecular complexity index is 1550. The number of aryl methyl sites for hydroxylation is 1. The van der Waals surface area contributed by atoms with Gasteiger partial charge in [-0.25, -0.2) is 14.4 Å². The number of pyridine rings is 1. The van der Waals surface area contributed by atoms with Crippen LogP contribution in [0.2, 0.25) is 0 Å². The fourth-order valence-corrected chi connectivity index (χ4v) is 4.01. The van der Waals surface area contributed by atoms with Crippen LogP contribution in [-0.2, 0) is 7.05 Å². The van der Waals surface area contributed by atoms with E-state index < -0.39 is 0 Å². The summed E-state index contributed by atoms with van der Waals surface area (Å²) < 4.78 is 15.5. The highest BCUT2D eigenvalue weighted by molar-refractivity contribution is 5.95. The molecule has 0 aliphatic heterocycles. The number of hydrogen-bond donors (Lipinski definition) is 3. The van der Waals surface area contributed by atoms with Crippen LogP contribution in [0, 0.1) is 12.7 Å². The molecular formula is C26H24FN7. The van der Waals surface area contributed by atoms with Crippen molar-refractivity contribution in [2.75, 3.05) is 5.73 Å². The lowest BCUT2D eigenvalue weighted by atomic mass is 9.98. The zero-order valence-electron chi connectivity index (χ0n) is 19.1. The summed E-state index contributed by atoms with van der Waals surface area (Å²) in [5.41, 5.74) is 13.1. The van der Waals surface area contributed by atoms with Crippen LogP contribution in [0.15, 0.2) is 67.0 Å². The number of hydrogen-bond acceptors (Lipinski definition) is 4. The molecule has 4 aromatic heterocycles. The lowest BCUT2D eigenvalue weighted by molar-refractivity contribution is 0.627. The van der Waals surface area contributed by atoms with E-state index in [2.05, 4.69) is 25.1 Å². The molecular weight excluding hydrogens is 429 g/mol. The predicted octanol–water partition coefficient (Wildman–Crippen LogP) is 5.39. The van der Waals surface area contributed by atoms with Gasteiger partial charge in [-0.1, -0.05) is 30.4 Å². The van der Waals surface area contributed by atoms with Gasteiger partial charge in [-0.05, 0) is 49.2 Å². The molecule has 0 bridgehead atoms. The summed E-state index contributed by atoms with van der Waals surface area (Å²) >= 11 is 0. The third-order valence-electron chi connectivity index (χ3n) is 5.94. The number of halogens is 1. The van der Waals surface area contributed by atoms with Gasteiger partial charge in [0.2, 0.25) is 0 Å². The standard InChI is InChI=1S/C26H24FN7/c1-4-5-6-19(16-7-9-18(27)10-8-16)20-12-22(31-25(20)28)24-21-11-17(13-30-26(21)33-32-24)23-14-29-15(2)34(23)3/h4-14,31H,28H2,1-3H3,(H,30,32,33)/b5-4?,19-6-. The van der Waals surface area contributed by atoms with Crippen LogP contribution >= 0.6 is 0 Å².